The highest BCUT2D eigenvalue weighted by atomic mass is 16.5. The summed E-state index contributed by atoms with van der Waals surface area (Å²) in [5.41, 5.74) is 6.95. The van der Waals surface area contributed by atoms with E-state index in [0.29, 0.717) is 18.3 Å². The van der Waals surface area contributed by atoms with Gasteiger partial charge >= 0.3 is 0 Å². The molecule has 0 radical (unpaired) electrons. The van der Waals surface area contributed by atoms with Crippen LogP contribution in [0.25, 0.3) is 10.9 Å². The SMILES string of the molecule is CC(C)NCC(O)COc1cccc2[nH]cc(CC(N)=O)c12. The molecule has 1 unspecified atom stereocenters. The molecular formula is C16H23N3O3. The van der Waals surface area contributed by atoms with Crippen LogP contribution >= 0.6 is 0 Å². The average Bonchev–Trinajstić information content (AvgIpc) is 2.86. The minimum Gasteiger partial charge on any atom is -0.490 e. The summed E-state index contributed by atoms with van der Waals surface area (Å²) < 4.78 is 5.73. The number of carbonyl (C=O) groups excluding carboxylic acids is 1. The van der Waals surface area contributed by atoms with Gasteiger partial charge in [-0.2, -0.15) is 0 Å². The molecule has 0 aliphatic heterocycles. The van der Waals surface area contributed by atoms with Gasteiger partial charge in [0.05, 0.1) is 6.42 Å². The molecule has 0 bridgehead atoms. The Bertz CT molecular complexity index is 637. The fourth-order valence-corrected chi connectivity index (χ4v) is 2.28. The van der Waals surface area contributed by atoms with Crippen LogP contribution in [0.1, 0.15) is 19.4 Å². The highest BCUT2D eigenvalue weighted by Crippen LogP contribution is 2.29. The third-order valence-electron chi connectivity index (χ3n) is 3.31. The number of aliphatic hydroxyl groups excluding tert-OH is 1. The van der Waals surface area contributed by atoms with Gasteiger partial charge in [0.15, 0.2) is 0 Å². The summed E-state index contributed by atoms with van der Waals surface area (Å²) in [6.07, 6.45) is 1.31. The molecule has 1 aromatic heterocycles. The first kappa shape index (κ1) is 16.3. The van der Waals surface area contributed by atoms with Crippen LogP contribution in [0.4, 0.5) is 0 Å². The number of aromatic amines is 1. The van der Waals surface area contributed by atoms with Gasteiger partial charge < -0.3 is 25.9 Å². The number of aromatic nitrogens is 1. The molecule has 0 spiro atoms. The predicted molar refractivity (Wildman–Crippen MR) is 85.8 cm³/mol. The Labute approximate surface area is 129 Å². The number of hydrogen-bond acceptors (Lipinski definition) is 4. The molecule has 0 aliphatic carbocycles. The first-order chi connectivity index (χ1) is 10.5. The molecule has 1 heterocycles. The first-order valence-corrected chi connectivity index (χ1v) is 7.39. The monoisotopic (exact) mass is 305 g/mol. The van der Waals surface area contributed by atoms with Gasteiger partial charge in [-0.15, -0.1) is 0 Å². The lowest BCUT2D eigenvalue weighted by atomic mass is 10.1. The standard InChI is InChI=1S/C16H23N3O3/c1-10(2)18-8-12(20)9-22-14-5-3-4-13-16(14)11(7-19-13)6-15(17)21/h3-5,7,10,12,18-20H,6,8-9H2,1-2H3,(H2,17,21). The van der Waals surface area contributed by atoms with Gasteiger partial charge in [-0.3, -0.25) is 4.79 Å². The van der Waals surface area contributed by atoms with E-state index in [-0.39, 0.29) is 13.0 Å². The third-order valence-corrected chi connectivity index (χ3v) is 3.31. The molecule has 0 aliphatic rings. The zero-order chi connectivity index (χ0) is 16.1. The van der Waals surface area contributed by atoms with Crippen molar-refractivity contribution < 1.29 is 14.6 Å². The predicted octanol–water partition coefficient (Wildman–Crippen LogP) is 0.933. The molecule has 2 aromatic rings. The van der Waals surface area contributed by atoms with Crippen LogP contribution in [0.15, 0.2) is 24.4 Å². The second-order valence-corrected chi connectivity index (χ2v) is 5.66. The van der Waals surface area contributed by atoms with E-state index in [9.17, 15) is 9.90 Å². The lowest BCUT2D eigenvalue weighted by Crippen LogP contribution is -2.35. The van der Waals surface area contributed by atoms with Crippen molar-refractivity contribution in [1.82, 2.24) is 10.3 Å². The number of rotatable bonds is 8. The summed E-state index contributed by atoms with van der Waals surface area (Å²) in [5.74, 6) is 0.246. The second kappa shape index (κ2) is 7.29. The minimum atomic E-state index is -0.601. The van der Waals surface area contributed by atoms with E-state index in [2.05, 4.69) is 10.3 Å². The number of hydrogen-bond donors (Lipinski definition) is 4. The van der Waals surface area contributed by atoms with Crippen molar-refractivity contribution in [3.63, 3.8) is 0 Å². The summed E-state index contributed by atoms with van der Waals surface area (Å²) in [7, 11) is 0. The molecule has 1 atom stereocenters. The molecule has 1 amide bonds. The molecule has 6 heteroatoms. The number of ether oxygens (including phenoxy) is 1. The number of H-pyrrole nitrogens is 1. The number of carbonyl (C=O) groups is 1. The van der Waals surface area contributed by atoms with E-state index < -0.39 is 12.0 Å². The lowest BCUT2D eigenvalue weighted by Gasteiger charge is -2.15. The topological polar surface area (TPSA) is 100 Å². The smallest absolute Gasteiger partial charge is 0.221 e. The number of nitrogens with one attached hydrogen (secondary N) is 2. The quantitative estimate of drug-likeness (QED) is 0.583. The molecule has 120 valence electrons. The Morgan fingerprint density at radius 2 is 2.23 bits per heavy atom. The number of aliphatic hydroxyl groups is 1. The van der Waals surface area contributed by atoms with Crippen LogP contribution in [0.2, 0.25) is 0 Å². The number of amides is 1. The van der Waals surface area contributed by atoms with Gasteiger partial charge in [0.25, 0.3) is 0 Å². The zero-order valence-corrected chi connectivity index (χ0v) is 12.9. The highest BCUT2D eigenvalue weighted by molar-refractivity contribution is 5.92. The van der Waals surface area contributed by atoms with Crippen LogP contribution in [0.5, 0.6) is 5.75 Å². The van der Waals surface area contributed by atoms with E-state index in [1.165, 1.54) is 0 Å². The molecule has 2 rings (SSSR count). The maximum absolute atomic E-state index is 11.2. The fourth-order valence-electron chi connectivity index (χ4n) is 2.28. The summed E-state index contributed by atoms with van der Waals surface area (Å²) in [4.78, 5) is 14.3. The molecule has 5 N–H and O–H groups in total. The van der Waals surface area contributed by atoms with Gasteiger partial charge in [0.1, 0.15) is 18.5 Å². The van der Waals surface area contributed by atoms with Crippen molar-refractivity contribution in [2.24, 2.45) is 5.73 Å². The van der Waals surface area contributed by atoms with Gasteiger partial charge in [0, 0.05) is 29.7 Å². The van der Waals surface area contributed by atoms with Crippen molar-refractivity contribution in [3.8, 4) is 5.75 Å². The normalized spacial score (nSPS) is 12.7. The maximum atomic E-state index is 11.2. The minimum absolute atomic E-state index is 0.151. The Kier molecular flexibility index (Phi) is 5.41. The Balaban J connectivity index is 2.10. The summed E-state index contributed by atoms with van der Waals surface area (Å²) >= 11 is 0. The fraction of sp³-hybridized carbons (Fsp3) is 0.438. The zero-order valence-electron chi connectivity index (χ0n) is 12.9. The molecule has 1 aromatic carbocycles. The van der Waals surface area contributed by atoms with Crippen molar-refractivity contribution in [2.45, 2.75) is 32.4 Å². The lowest BCUT2D eigenvalue weighted by molar-refractivity contribution is -0.117. The molecule has 6 nitrogen and oxygen atoms in total. The largest absolute Gasteiger partial charge is 0.490 e. The number of fused-ring (bicyclic) bond motifs is 1. The summed E-state index contributed by atoms with van der Waals surface area (Å²) in [6.45, 7) is 4.68. The molecule has 0 saturated heterocycles. The van der Waals surface area contributed by atoms with E-state index >= 15 is 0 Å². The second-order valence-electron chi connectivity index (χ2n) is 5.66. The number of nitrogens with two attached hydrogens (primary N) is 1. The number of benzene rings is 1. The van der Waals surface area contributed by atoms with Gasteiger partial charge in [-0.25, -0.2) is 0 Å². The van der Waals surface area contributed by atoms with Crippen molar-refractivity contribution in [2.75, 3.05) is 13.2 Å². The van der Waals surface area contributed by atoms with Crippen LogP contribution < -0.4 is 15.8 Å². The van der Waals surface area contributed by atoms with Crippen LogP contribution in [0.3, 0.4) is 0 Å². The molecule has 22 heavy (non-hydrogen) atoms. The van der Waals surface area contributed by atoms with Gasteiger partial charge in [0.2, 0.25) is 5.91 Å². The average molecular weight is 305 g/mol. The maximum Gasteiger partial charge on any atom is 0.221 e. The summed E-state index contributed by atoms with van der Waals surface area (Å²) in [6, 6.07) is 5.90. The van der Waals surface area contributed by atoms with Crippen molar-refractivity contribution >= 4 is 16.8 Å². The van der Waals surface area contributed by atoms with E-state index in [1.54, 1.807) is 6.20 Å². The summed E-state index contributed by atoms with van der Waals surface area (Å²) in [5, 5.41) is 13.9. The van der Waals surface area contributed by atoms with Crippen LogP contribution in [-0.2, 0) is 11.2 Å². The van der Waals surface area contributed by atoms with Gasteiger partial charge in [-0.05, 0) is 17.7 Å². The van der Waals surface area contributed by atoms with E-state index in [0.717, 1.165) is 16.5 Å². The van der Waals surface area contributed by atoms with Gasteiger partial charge in [-0.1, -0.05) is 19.9 Å². The van der Waals surface area contributed by atoms with Crippen LogP contribution in [0, 0.1) is 0 Å². The molecule has 0 fully saturated rings. The Morgan fingerprint density at radius 3 is 2.91 bits per heavy atom. The highest BCUT2D eigenvalue weighted by Gasteiger charge is 2.13. The third kappa shape index (κ3) is 4.22. The van der Waals surface area contributed by atoms with Crippen molar-refractivity contribution in [1.29, 1.82) is 0 Å². The van der Waals surface area contributed by atoms with E-state index in [4.69, 9.17) is 10.5 Å². The van der Waals surface area contributed by atoms with E-state index in [1.807, 2.05) is 32.0 Å². The Hall–Kier alpha value is -2.05. The molecular weight excluding hydrogens is 282 g/mol. The number of primary amides is 1. The Morgan fingerprint density at radius 1 is 1.45 bits per heavy atom. The van der Waals surface area contributed by atoms with Crippen LogP contribution in [-0.4, -0.2) is 41.3 Å². The van der Waals surface area contributed by atoms with Crippen molar-refractivity contribution in [3.05, 3.63) is 30.0 Å². The molecule has 0 saturated carbocycles. The first-order valence-electron chi connectivity index (χ1n) is 7.39.